The summed E-state index contributed by atoms with van der Waals surface area (Å²) in [6.45, 7) is 1.80. The second-order valence-corrected chi connectivity index (χ2v) is 4.17. The van der Waals surface area contributed by atoms with Gasteiger partial charge in [-0.1, -0.05) is 19.4 Å². The molecule has 0 aliphatic heterocycles. The molecule has 0 radical (unpaired) electrons. The summed E-state index contributed by atoms with van der Waals surface area (Å²) in [6.07, 6.45) is 0.742. The third kappa shape index (κ3) is 4.65. The number of aliphatic carboxylic acids is 1. The molecule has 1 aromatic carbocycles. The van der Waals surface area contributed by atoms with Gasteiger partial charge in [-0.2, -0.15) is 0 Å². The number of hydrogen-bond donors (Lipinski definition) is 2. The van der Waals surface area contributed by atoms with Crippen LogP contribution in [0.15, 0.2) is 18.2 Å². The van der Waals surface area contributed by atoms with Gasteiger partial charge in [0.15, 0.2) is 11.6 Å². The van der Waals surface area contributed by atoms with Gasteiger partial charge in [-0.3, -0.25) is 4.79 Å². The van der Waals surface area contributed by atoms with Crippen LogP contribution in [0.4, 0.5) is 8.78 Å². The fourth-order valence-electron chi connectivity index (χ4n) is 1.63. The SMILES string of the molecule is CCC[C@H](NC(=O)Cc1ccc(F)c(F)c1)C(=O)O. The standard InChI is InChI=1S/C13H15F2NO3/c1-2-3-11(13(18)19)16-12(17)7-8-4-5-9(14)10(15)6-8/h4-6,11H,2-3,7H2,1H3,(H,16,17)(H,18,19)/t11-/m0/s1. The molecule has 4 nitrogen and oxygen atoms in total. The number of carbonyl (C=O) groups excluding carboxylic acids is 1. The van der Waals surface area contributed by atoms with E-state index in [2.05, 4.69) is 5.32 Å². The van der Waals surface area contributed by atoms with Crippen LogP contribution in [0, 0.1) is 11.6 Å². The van der Waals surface area contributed by atoms with Gasteiger partial charge < -0.3 is 10.4 Å². The smallest absolute Gasteiger partial charge is 0.326 e. The lowest BCUT2D eigenvalue weighted by atomic mass is 10.1. The Morgan fingerprint density at radius 3 is 2.53 bits per heavy atom. The number of carboxylic acid groups (broad SMARTS) is 1. The molecule has 0 aliphatic rings. The molecule has 0 bridgehead atoms. The third-order valence-electron chi connectivity index (χ3n) is 2.56. The minimum Gasteiger partial charge on any atom is -0.480 e. The van der Waals surface area contributed by atoms with Gasteiger partial charge in [-0.25, -0.2) is 13.6 Å². The maximum atomic E-state index is 12.9. The first-order valence-corrected chi connectivity index (χ1v) is 5.90. The molecule has 104 valence electrons. The number of halogens is 2. The predicted octanol–water partition coefficient (Wildman–Crippen LogP) is 1.88. The van der Waals surface area contributed by atoms with Gasteiger partial charge >= 0.3 is 5.97 Å². The fraction of sp³-hybridized carbons (Fsp3) is 0.385. The Morgan fingerprint density at radius 1 is 1.32 bits per heavy atom. The Labute approximate surface area is 109 Å². The summed E-state index contributed by atoms with van der Waals surface area (Å²) in [5.74, 6) is -3.67. The van der Waals surface area contributed by atoms with Crippen molar-refractivity contribution in [3.05, 3.63) is 35.4 Å². The summed E-state index contributed by atoms with van der Waals surface area (Å²) in [5.41, 5.74) is 0.289. The molecule has 0 spiro atoms. The van der Waals surface area contributed by atoms with Crippen LogP contribution in [0.2, 0.25) is 0 Å². The topological polar surface area (TPSA) is 66.4 Å². The Balaban J connectivity index is 2.63. The van der Waals surface area contributed by atoms with Gasteiger partial charge in [0, 0.05) is 0 Å². The van der Waals surface area contributed by atoms with Crippen LogP contribution in [0.1, 0.15) is 25.3 Å². The average Bonchev–Trinajstić information content (AvgIpc) is 2.33. The number of benzene rings is 1. The van der Waals surface area contributed by atoms with Crippen LogP contribution in [-0.2, 0) is 16.0 Å². The van der Waals surface area contributed by atoms with Crippen LogP contribution in [0.3, 0.4) is 0 Å². The number of hydrogen-bond acceptors (Lipinski definition) is 2. The molecular weight excluding hydrogens is 256 g/mol. The average molecular weight is 271 g/mol. The zero-order valence-electron chi connectivity index (χ0n) is 10.5. The summed E-state index contributed by atoms with van der Waals surface area (Å²) in [5, 5.41) is 11.2. The Hall–Kier alpha value is -1.98. The minimum atomic E-state index is -1.11. The zero-order valence-corrected chi connectivity index (χ0v) is 10.5. The molecule has 1 rings (SSSR count). The van der Waals surface area contributed by atoms with Gasteiger partial charge in [0.1, 0.15) is 6.04 Å². The first kappa shape index (κ1) is 15.1. The molecule has 1 atom stereocenters. The van der Waals surface area contributed by atoms with E-state index in [1.54, 1.807) is 6.92 Å². The third-order valence-corrected chi connectivity index (χ3v) is 2.56. The van der Waals surface area contributed by atoms with Crippen molar-refractivity contribution < 1.29 is 23.5 Å². The van der Waals surface area contributed by atoms with E-state index in [-0.39, 0.29) is 12.0 Å². The lowest BCUT2D eigenvalue weighted by Gasteiger charge is -2.13. The molecule has 6 heteroatoms. The Bertz CT molecular complexity index is 477. The quantitative estimate of drug-likeness (QED) is 0.830. The van der Waals surface area contributed by atoms with Gasteiger partial charge in [-0.15, -0.1) is 0 Å². The number of nitrogens with one attached hydrogen (secondary N) is 1. The first-order chi connectivity index (χ1) is 8.93. The maximum Gasteiger partial charge on any atom is 0.326 e. The number of carboxylic acids is 1. The van der Waals surface area contributed by atoms with Crippen LogP contribution >= 0.6 is 0 Å². The lowest BCUT2D eigenvalue weighted by molar-refractivity contribution is -0.141. The van der Waals surface area contributed by atoms with Crippen molar-refractivity contribution in [2.45, 2.75) is 32.2 Å². The molecule has 2 N–H and O–H groups in total. The highest BCUT2D eigenvalue weighted by atomic mass is 19.2. The van der Waals surface area contributed by atoms with E-state index in [0.29, 0.717) is 12.8 Å². The lowest BCUT2D eigenvalue weighted by Crippen LogP contribution is -2.41. The largest absolute Gasteiger partial charge is 0.480 e. The summed E-state index contributed by atoms with van der Waals surface area (Å²) >= 11 is 0. The monoisotopic (exact) mass is 271 g/mol. The van der Waals surface area contributed by atoms with Crippen molar-refractivity contribution in [1.82, 2.24) is 5.32 Å². The van der Waals surface area contributed by atoms with Crippen LogP contribution in [0.5, 0.6) is 0 Å². The molecular formula is C13H15F2NO3. The van der Waals surface area contributed by atoms with Crippen molar-refractivity contribution in [1.29, 1.82) is 0 Å². The van der Waals surface area contributed by atoms with Gasteiger partial charge in [-0.05, 0) is 24.1 Å². The van der Waals surface area contributed by atoms with E-state index < -0.39 is 29.6 Å². The molecule has 1 amide bonds. The number of rotatable bonds is 6. The van der Waals surface area contributed by atoms with Crippen molar-refractivity contribution in [2.24, 2.45) is 0 Å². The molecule has 0 aromatic heterocycles. The summed E-state index contributed by atoms with van der Waals surface area (Å²) in [6, 6.07) is 2.18. The van der Waals surface area contributed by atoms with Crippen LogP contribution in [0.25, 0.3) is 0 Å². The molecule has 0 fully saturated rings. The highest BCUT2D eigenvalue weighted by Crippen LogP contribution is 2.09. The molecule has 19 heavy (non-hydrogen) atoms. The van der Waals surface area contributed by atoms with E-state index in [0.717, 1.165) is 12.1 Å². The molecule has 0 unspecified atom stereocenters. The first-order valence-electron chi connectivity index (χ1n) is 5.90. The van der Waals surface area contributed by atoms with Crippen molar-refractivity contribution in [2.75, 3.05) is 0 Å². The summed E-state index contributed by atoms with van der Waals surface area (Å²) in [7, 11) is 0. The molecule has 0 saturated carbocycles. The highest BCUT2D eigenvalue weighted by molar-refractivity contribution is 5.84. The van der Waals surface area contributed by atoms with Crippen molar-refractivity contribution >= 4 is 11.9 Å². The highest BCUT2D eigenvalue weighted by Gasteiger charge is 2.18. The van der Waals surface area contributed by atoms with Crippen LogP contribution in [-0.4, -0.2) is 23.0 Å². The zero-order chi connectivity index (χ0) is 14.4. The van der Waals surface area contributed by atoms with Crippen molar-refractivity contribution in [3.63, 3.8) is 0 Å². The summed E-state index contributed by atoms with van der Waals surface area (Å²) < 4.78 is 25.6. The minimum absolute atomic E-state index is 0.190. The predicted molar refractivity (Wildman–Crippen MR) is 64.5 cm³/mol. The fourth-order valence-corrected chi connectivity index (χ4v) is 1.63. The second kappa shape index (κ2) is 6.82. The van der Waals surface area contributed by atoms with E-state index in [1.165, 1.54) is 6.07 Å². The van der Waals surface area contributed by atoms with Crippen molar-refractivity contribution in [3.8, 4) is 0 Å². The van der Waals surface area contributed by atoms with Gasteiger partial charge in [0.2, 0.25) is 5.91 Å². The molecule has 0 heterocycles. The number of carbonyl (C=O) groups is 2. The molecule has 1 aromatic rings. The van der Waals surface area contributed by atoms with E-state index in [9.17, 15) is 18.4 Å². The maximum absolute atomic E-state index is 12.9. The number of amides is 1. The molecule has 0 aliphatic carbocycles. The second-order valence-electron chi connectivity index (χ2n) is 4.17. The van der Waals surface area contributed by atoms with Crippen LogP contribution < -0.4 is 5.32 Å². The van der Waals surface area contributed by atoms with E-state index in [1.807, 2.05) is 0 Å². The van der Waals surface area contributed by atoms with Gasteiger partial charge in [0.25, 0.3) is 0 Å². The van der Waals surface area contributed by atoms with Gasteiger partial charge in [0.05, 0.1) is 6.42 Å². The Morgan fingerprint density at radius 2 is 2.00 bits per heavy atom. The molecule has 0 saturated heterocycles. The summed E-state index contributed by atoms with van der Waals surface area (Å²) in [4.78, 5) is 22.5. The Kier molecular flexibility index (Phi) is 5.41. The van der Waals surface area contributed by atoms with E-state index >= 15 is 0 Å². The van der Waals surface area contributed by atoms with E-state index in [4.69, 9.17) is 5.11 Å². The normalized spacial score (nSPS) is 11.9.